The zero-order chi connectivity index (χ0) is 23.5. The van der Waals surface area contributed by atoms with Crippen LogP contribution in [0, 0.1) is 5.82 Å². The number of anilines is 1. The van der Waals surface area contributed by atoms with Gasteiger partial charge in [0.15, 0.2) is 5.11 Å². The lowest BCUT2D eigenvalue weighted by atomic mass is 10.0. The van der Waals surface area contributed by atoms with Crippen LogP contribution in [0.25, 0.3) is 0 Å². The molecule has 34 heavy (non-hydrogen) atoms. The maximum absolute atomic E-state index is 13.2. The van der Waals surface area contributed by atoms with Gasteiger partial charge >= 0.3 is 0 Å². The second kappa shape index (κ2) is 9.93. The molecule has 2 fully saturated rings. The van der Waals surface area contributed by atoms with E-state index in [0.29, 0.717) is 23.4 Å². The Balaban J connectivity index is 1.38. The largest absolute Gasteiger partial charge is 0.352 e. The number of carbonyl (C=O) groups is 1. The summed E-state index contributed by atoms with van der Waals surface area (Å²) in [7, 11) is 0. The van der Waals surface area contributed by atoms with Gasteiger partial charge in [0.05, 0.1) is 17.8 Å². The molecular formula is C26H28FN5OS. The molecule has 0 unspecified atom stereocenters. The Morgan fingerprint density at radius 3 is 2.65 bits per heavy atom. The highest BCUT2D eigenvalue weighted by molar-refractivity contribution is 7.80. The molecule has 3 aromatic rings. The van der Waals surface area contributed by atoms with Gasteiger partial charge in [-0.15, -0.1) is 0 Å². The van der Waals surface area contributed by atoms with Crippen LogP contribution >= 0.6 is 12.2 Å². The molecule has 2 aliphatic rings. The van der Waals surface area contributed by atoms with Crippen molar-refractivity contribution in [2.75, 3.05) is 11.9 Å². The van der Waals surface area contributed by atoms with E-state index in [-0.39, 0.29) is 30.2 Å². The third-order valence-corrected chi connectivity index (χ3v) is 7.09. The summed E-state index contributed by atoms with van der Waals surface area (Å²) in [6, 6.07) is 16.3. The Bertz CT molecular complexity index is 1140. The predicted octanol–water partition coefficient (Wildman–Crippen LogP) is 5.14. The standard InChI is InChI=1S/C26H28FN5OS/c27-18-10-12-19(13-11-18)29-23(33)14-17-32-25(22-9-5-16-31(22)20-6-1-2-7-20)24(30-26(32)34)21-8-3-4-15-28-21/h3-5,8-13,15-16,20,24-25H,1-2,6-7,14,17H2,(H,29,33)(H,30,34)/t24-,25-/m0/s1. The van der Waals surface area contributed by atoms with Crippen LogP contribution in [0.1, 0.15) is 61.6 Å². The topological polar surface area (TPSA) is 62.2 Å². The fourth-order valence-electron chi connectivity index (χ4n) is 5.12. The summed E-state index contributed by atoms with van der Waals surface area (Å²) in [4.78, 5) is 19.4. The number of thiocarbonyl (C=S) groups is 1. The molecule has 1 aliphatic carbocycles. The van der Waals surface area contributed by atoms with Gasteiger partial charge < -0.3 is 20.1 Å². The van der Waals surface area contributed by atoms with Gasteiger partial charge in [-0.25, -0.2) is 4.39 Å². The van der Waals surface area contributed by atoms with Gasteiger partial charge in [-0.1, -0.05) is 18.9 Å². The van der Waals surface area contributed by atoms with Crippen LogP contribution in [-0.4, -0.2) is 32.0 Å². The van der Waals surface area contributed by atoms with Crippen molar-refractivity contribution in [2.45, 2.75) is 50.2 Å². The summed E-state index contributed by atoms with van der Waals surface area (Å²) in [6.45, 7) is 0.461. The third kappa shape index (κ3) is 4.68. The molecule has 0 radical (unpaired) electrons. The van der Waals surface area contributed by atoms with E-state index >= 15 is 0 Å². The number of hydrogen-bond acceptors (Lipinski definition) is 3. The molecular weight excluding hydrogens is 449 g/mol. The Morgan fingerprint density at radius 1 is 1.12 bits per heavy atom. The third-order valence-electron chi connectivity index (χ3n) is 6.74. The van der Waals surface area contributed by atoms with Crippen LogP contribution in [0.4, 0.5) is 10.1 Å². The zero-order valence-corrected chi connectivity index (χ0v) is 19.7. The SMILES string of the molecule is O=C(CCN1C(=S)N[C@@H](c2ccccn2)[C@@H]1c1cccn1C1CCCC1)Nc1ccc(F)cc1. The first-order valence-electron chi connectivity index (χ1n) is 11.8. The Labute approximate surface area is 204 Å². The van der Waals surface area contributed by atoms with Crippen molar-refractivity contribution in [3.63, 3.8) is 0 Å². The van der Waals surface area contributed by atoms with Gasteiger partial charge in [0.2, 0.25) is 5.91 Å². The molecule has 176 valence electrons. The van der Waals surface area contributed by atoms with Crippen molar-refractivity contribution in [1.29, 1.82) is 0 Å². The Hall–Kier alpha value is -3.26. The van der Waals surface area contributed by atoms with Crippen molar-refractivity contribution in [1.82, 2.24) is 19.8 Å². The first-order valence-corrected chi connectivity index (χ1v) is 12.2. The van der Waals surface area contributed by atoms with E-state index in [1.807, 2.05) is 18.2 Å². The Morgan fingerprint density at radius 2 is 1.91 bits per heavy atom. The molecule has 2 atom stereocenters. The quantitative estimate of drug-likeness (QED) is 0.462. The van der Waals surface area contributed by atoms with Crippen LogP contribution in [0.5, 0.6) is 0 Å². The normalized spacial score (nSPS) is 20.5. The van der Waals surface area contributed by atoms with Crippen molar-refractivity contribution in [3.05, 3.63) is 84.2 Å². The van der Waals surface area contributed by atoms with Gasteiger partial charge in [0, 0.05) is 42.8 Å². The molecule has 2 aromatic heterocycles. The number of benzene rings is 1. The van der Waals surface area contributed by atoms with Crippen molar-refractivity contribution in [2.24, 2.45) is 0 Å². The first kappa shape index (κ1) is 22.5. The van der Waals surface area contributed by atoms with Crippen molar-refractivity contribution >= 4 is 28.9 Å². The lowest BCUT2D eigenvalue weighted by molar-refractivity contribution is -0.116. The highest BCUT2D eigenvalue weighted by Gasteiger charge is 2.41. The number of pyridine rings is 1. The summed E-state index contributed by atoms with van der Waals surface area (Å²) in [5.74, 6) is -0.472. The predicted molar refractivity (Wildman–Crippen MR) is 134 cm³/mol. The second-order valence-corrected chi connectivity index (χ2v) is 9.29. The zero-order valence-electron chi connectivity index (χ0n) is 18.9. The smallest absolute Gasteiger partial charge is 0.226 e. The van der Waals surface area contributed by atoms with Crippen LogP contribution in [0.3, 0.4) is 0 Å². The summed E-state index contributed by atoms with van der Waals surface area (Å²) >= 11 is 5.75. The number of halogens is 1. The summed E-state index contributed by atoms with van der Waals surface area (Å²) in [6.07, 6.45) is 9.09. The summed E-state index contributed by atoms with van der Waals surface area (Å²) in [5.41, 5.74) is 2.69. The molecule has 1 aliphatic heterocycles. The van der Waals surface area contributed by atoms with Crippen LogP contribution < -0.4 is 10.6 Å². The van der Waals surface area contributed by atoms with Gasteiger partial charge in [-0.2, -0.15) is 0 Å². The van der Waals surface area contributed by atoms with E-state index < -0.39 is 0 Å². The van der Waals surface area contributed by atoms with Crippen molar-refractivity contribution < 1.29 is 9.18 Å². The Kier molecular flexibility index (Phi) is 6.58. The minimum Gasteiger partial charge on any atom is -0.352 e. The average Bonchev–Trinajstić information content (AvgIpc) is 3.59. The molecule has 5 rings (SSSR count). The number of nitrogens with one attached hydrogen (secondary N) is 2. The molecule has 2 N–H and O–H groups in total. The molecule has 0 spiro atoms. The molecule has 0 bridgehead atoms. The monoisotopic (exact) mass is 477 g/mol. The lowest BCUT2D eigenvalue weighted by Gasteiger charge is -2.30. The molecule has 1 saturated carbocycles. The maximum atomic E-state index is 13.2. The lowest BCUT2D eigenvalue weighted by Crippen LogP contribution is -2.33. The van der Waals surface area contributed by atoms with Crippen LogP contribution in [0.2, 0.25) is 0 Å². The van der Waals surface area contributed by atoms with E-state index in [1.54, 1.807) is 18.3 Å². The van der Waals surface area contributed by atoms with E-state index in [4.69, 9.17) is 12.2 Å². The van der Waals surface area contributed by atoms with Gasteiger partial charge in [-0.3, -0.25) is 9.78 Å². The molecule has 3 heterocycles. The minimum absolute atomic E-state index is 0.0726. The molecule has 1 aromatic carbocycles. The van der Waals surface area contributed by atoms with Gasteiger partial charge in [-0.05, 0) is 73.6 Å². The number of aromatic nitrogens is 2. The molecule has 1 amide bonds. The highest BCUT2D eigenvalue weighted by Crippen LogP contribution is 2.41. The highest BCUT2D eigenvalue weighted by atomic mass is 32.1. The number of rotatable bonds is 7. The second-order valence-electron chi connectivity index (χ2n) is 8.90. The van der Waals surface area contributed by atoms with E-state index in [1.165, 1.54) is 43.5 Å². The molecule has 8 heteroatoms. The number of nitrogens with zero attached hydrogens (tertiary/aromatic N) is 3. The minimum atomic E-state index is -0.333. The first-order chi connectivity index (χ1) is 16.6. The maximum Gasteiger partial charge on any atom is 0.226 e. The van der Waals surface area contributed by atoms with E-state index in [0.717, 1.165) is 5.69 Å². The number of carbonyl (C=O) groups excluding carboxylic acids is 1. The van der Waals surface area contributed by atoms with Crippen LogP contribution in [-0.2, 0) is 4.79 Å². The van der Waals surface area contributed by atoms with E-state index in [2.05, 4.69) is 43.4 Å². The van der Waals surface area contributed by atoms with Crippen LogP contribution in [0.15, 0.2) is 67.0 Å². The van der Waals surface area contributed by atoms with E-state index in [9.17, 15) is 9.18 Å². The fraction of sp³-hybridized carbons (Fsp3) is 0.346. The fourth-order valence-corrected chi connectivity index (χ4v) is 5.45. The number of amides is 1. The molecule has 1 saturated heterocycles. The molecule has 6 nitrogen and oxygen atoms in total. The summed E-state index contributed by atoms with van der Waals surface area (Å²) < 4.78 is 15.6. The average molecular weight is 478 g/mol. The summed E-state index contributed by atoms with van der Waals surface area (Å²) in [5, 5.41) is 6.93. The van der Waals surface area contributed by atoms with Gasteiger partial charge in [0.25, 0.3) is 0 Å². The number of hydrogen-bond donors (Lipinski definition) is 2. The van der Waals surface area contributed by atoms with Crippen molar-refractivity contribution in [3.8, 4) is 0 Å². The van der Waals surface area contributed by atoms with Gasteiger partial charge in [0.1, 0.15) is 5.82 Å².